The van der Waals surface area contributed by atoms with Crippen LogP contribution in [0, 0.1) is 12.7 Å². The van der Waals surface area contributed by atoms with Crippen molar-refractivity contribution in [3.8, 4) is 0 Å². The molecule has 2 aromatic carbocycles. The summed E-state index contributed by atoms with van der Waals surface area (Å²) in [7, 11) is 3.99. The summed E-state index contributed by atoms with van der Waals surface area (Å²) in [6.07, 6.45) is 2.32. The zero-order chi connectivity index (χ0) is 21.7. The molecule has 3 N–H and O–H groups in total. The number of likely N-dealkylation sites (tertiary alicyclic amines) is 1. The highest BCUT2D eigenvalue weighted by molar-refractivity contribution is 6.39. The van der Waals surface area contributed by atoms with Gasteiger partial charge in [-0.3, -0.25) is 9.59 Å². The van der Waals surface area contributed by atoms with Crippen LogP contribution in [-0.2, 0) is 9.59 Å². The first-order chi connectivity index (χ1) is 14.3. The number of nitrogens with one attached hydrogen (secondary N) is 3. The van der Waals surface area contributed by atoms with Crippen LogP contribution in [0.3, 0.4) is 0 Å². The summed E-state index contributed by atoms with van der Waals surface area (Å²) in [5.41, 5.74) is 3.00. The molecule has 2 aromatic rings. The van der Waals surface area contributed by atoms with Crippen LogP contribution >= 0.6 is 0 Å². The van der Waals surface area contributed by atoms with E-state index in [2.05, 4.69) is 34.9 Å². The van der Waals surface area contributed by atoms with Crippen LogP contribution < -0.4 is 20.4 Å². The van der Waals surface area contributed by atoms with Crippen molar-refractivity contribution in [2.45, 2.75) is 25.8 Å². The Balaban J connectivity index is 1.64. The molecule has 2 amide bonds. The van der Waals surface area contributed by atoms with Gasteiger partial charge in [-0.05, 0) is 36.8 Å². The third-order valence-electron chi connectivity index (χ3n) is 5.65. The highest BCUT2D eigenvalue weighted by atomic mass is 19.1. The van der Waals surface area contributed by atoms with E-state index in [4.69, 9.17) is 0 Å². The molecule has 0 saturated carbocycles. The lowest BCUT2D eigenvalue weighted by atomic mass is 10.0. The van der Waals surface area contributed by atoms with Crippen molar-refractivity contribution in [1.82, 2.24) is 5.32 Å². The molecule has 30 heavy (non-hydrogen) atoms. The number of anilines is 2. The van der Waals surface area contributed by atoms with Crippen molar-refractivity contribution in [2.75, 3.05) is 43.9 Å². The van der Waals surface area contributed by atoms with Crippen LogP contribution in [0.2, 0.25) is 0 Å². The number of halogens is 1. The molecular formula is C23H30FN4O2+. The molecule has 1 aliphatic rings. The predicted octanol–water partition coefficient (Wildman–Crippen LogP) is 1.67. The lowest BCUT2D eigenvalue weighted by molar-refractivity contribution is -0.918. The first-order valence-corrected chi connectivity index (χ1v) is 10.3. The lowest BCUT2D eigenvalue weighted by Gasteiger charge is -2.25. The third-order valence-corrected chi connectivity index (χ3v) is 5.65. The second kappa shape index (κ2) is 9.71. The zero-order valence-corrected chi connectivity index (χ0v) is 17.8. The van der Waals surface area contributed by atoms with E-state index >= 15 is 0 Å². The molecular weight excluding hydrogens is 383 g/mol. The van der Waals surface area contributed by atoms with Gasteiger partial charge in [0.15, 0.2) is 0 Å². The van der Waals surface area contributed by atoms with E-state index in [1.54, 1.807) is 19.1 Å². The molecule has 1 fully saturated rings. The Kier molecular flexibility index (Phi) is 7.05. The smallest absolute Gasteiger partial charge is 0.313 e. The average molecular weight is 414 g/mol. The largest absolute Gasteiger partial charge is 0.378 e. The van der Waals surface area contributed by atoms with Crippen LogP contribution in [0.1, 0.15) is 30.0 Å². The van der Waals surface area contributed by atoms with Crippen LogP contribution in [-0.4, -0.2) is 45.5 Å². The van der Waals surface area contributed by atoms with Crippen LogP contribution in [0.5, 0.6) is 0 Å². The maximum atomic E-state index is 13.7. The minimum atomic E-state index is -0.795. The molecule has 1 aliphatic heterocycles. The predicted molar refractivity (Wildman–Crippen MR) is 116 cm³/mol. The van der Waals surface area contributed by atoms with Crippen molar-refractivity contribution in [3.63, 3.8) is 0 Å². The second-order valence-electron chi connectivity index (χ2n) is 8.03. The molecule has 6 nitrogen and oxygen atoms in total. The van der Waals surface area contributed by atoms with Gasteiger partial charge in [-0.1, -0.05) is 18.2 Å². The van der Waals surface area contributed by atoms with Crippen LogP contribution in [0.4, 0.5) is 15.8 Å². The highest BCUT2D eigenvalue weighted by Crippen LogP contribution is 2.17. The number of nitrogens with zero attached hydrogens (tertiary/aromatic N) is 1. The minimum Gasteiger partial charge on any atom is -0.378 e. The summed E-state index contributed by atoms with van der Waals surface area (Å²) in [6.45, 7) is 4.10. The fourth-order valence-corrected chi connectivity index (χ4v) is 3.81. The molecule has 0 aliphatic carbocycles. The molecule has 0 aromatic heterocycles. The van der Waals surface area contributed by atoms with Gasteiger partial charge in [-0.25, -0.2) is 4.39 Å². The van der Waals surface area contributed by atoms with E-state index in [-0.39, 0.29) is 11.7 Å². The van der Waals surface area contributed by atoms with Crippen LogP contribution in [0.15, 0.2) is 42.5 Å². The van der Waals surface area contributed by atoms with Crippen molar-refractivity contribution in [2.24, 2.45) is 0 Å². The molecule has 7 heteroatoms. The number of rotatable bonds is 6. The Hall–Kier alpha value is -2.93. The summed E-state index contributed by atoms with van der Waals surface area (Å²) in [5, 5.41) is 5.22. The Morgan fingerprint density at radius 2 is 1.73 bits per heavy atom. The van der Waals surface area contributed by atoms with Gasteiger partial charge >= 0.3 is 11.8 Å². The number of quaternary nitrogens is 1. The molecule has 0 radical (unpaired) electrons. The molecule has 1 atom stereocenters. The van der Waals surface area contributed by atoms with Crippen molar-refractivity contribution < 1.29 is 18.9 Å². The standard InChI is InChI=1S/C23H29FN4O2/c1-16-6-9-18(14-20(16)24)26-23(30)22(29)25-15-21(28-12-4-5-13-28)17-7-10-19(11-8-17)27(2)3/h6-11,14,21H,4-5,12-13,15H2,1-3H3,(H,25,29)(H,26,30)/p+1/t21-/m0/s1. The Bertz CT molecular complexity index is 893. The molecule has 160 valence electrons. The van der Waals surface area contributed by atoms with Gasteiger partial charge in [0.2, 0.25) is 0 Å². The van der Waals surface area contributed by atoms with Gasteiger partial charge in [-0.2, -0.15) is 0 Å². The maximum Gasteiger partial charge on any atom is 0.313 e. The Morgan fingerprint density at radius 3 is 2.33 bits per heavy atom. The zero-order valence-electron chi connectivity index (χ0n) is 17.8. The van der Waals surface area contributed by atoms with Crippen molar-refractivity contribution in [3.05, 3.63) is 59.4 Å². The number of hydrogen-bond donors (Lipinski definition) is 3. The van der Waals surface area contributed by atoms with Gasteiger partial charge in [0.25, 0.3) is 0 Å². The molecule has 0 unspecified atom stereocenters. The summed E-state index contributed by atoms with van der Waals surface area (Å²) < 4.78 is 13.7. The third kappa shape index (κ3) is 5.36. The SMILES string of the molecule is Cc1ccc(NC(=O)C(=O)NC[C@@H](c2ccc(N(C)C)cc2)[NH+]2CCCC2)cc1F. The summed E-state index contributed by atoms with van der Waals surface area (Å²) in [4.78, 5) is 28.1. The van der Waals surface area contributed by atoms with Gasteiger partial charge in [0.1, 0.15) is 11.9 Å². The molecule has 1 saturated heterocycles. The molecule has 1 heterocycles. The number of aryl methyl sites for hydroxylation is 1. The van der Waals surface area contributed by atoms with E-state index in [0.29, 0.717) is 12.1 Å². The van der Waals surface area contributed by atoms with E-state index in [1.807, 2.05) is 19.0 Å². The minimum absolute atomic E-state index is 0.0808. The van der Waals surface area contributed by atoms with E-state index in [1.165, 1.54) is 11.0 Å². The summed E-state index contributed by atoms with van der Waals surface area (Å²) in [5.74, 6) is -1.94. The van der Waals surface area contributed by atoms with Gasteiger partial charge in [0, 0.05) is 43.9 Å². The second-order valence-corrected chi connectivity index (χ2v) is 8.03. The number of hydrogen-bond acceptors (Lipinski definition) is 3. The van der Waals surface area contributed by atoms with Gasteiger partial charge in [-0.15, -0.1) is 0 Å². The van der Waals surface area contributed by atoms with Gasteiger partial charge in [0.05, 0.1) is 19.6 Å². The van der Waals surface area contributed by atoms with Gasteiger partial charge < -0.3 is 20.4 Å². The Labute approximate surface area is 177 Å². The van der Waals surface area contributed by atoms with Crippen molar-refractivity contribution >= 4 is 23.2 Å². The first-order valence-electron chi connectivity index (χ1n) is 10.3. The molecule has 3 rings (SSSR count). The van der Waals surface area contributed by atoms with E-state index in [0.717, 1.165) is 37.2 Å². The Morgan fingerprint density at radius 1 is 1.07 bits per heavy atom. The van der Waals surface area contributed by atoms with E-state index < -0.39 is 17.6 Å². The number of amides is 2. The molecule has 0 spiro atoms. The number of carbonyl (C=O) groups is 2. The number of benzene rings is 2. The normalized spacial score (nSPS) is 14.9. The maximum absolute atomic E-state index is 13.7. The monoisotopic (exact) mass is 413 g/mol. The summed E-state index contributed by atoms with van der Waals surface area (Å²) >= 11 is 0. The topological polar surface area (TPSA) is 65.9 Å². The lowest BCUT2D eigenvalue weighted by Crippen LogP contribution is -3.11. The quantitative estimate of drug-likeness (QED) is 0.632. The molecule has 0 bridgehead atoms. The van der Waals surface area contributed by atoms with Crippen molar-refractivity contribution in [1.29, 1.82) is 0 Å². The summed E-state index contributed by atoms with van der Waals surface area (Å²) in [6, 6.07) is 12.7. The van der Waals surface area contributed by atoms with Crippen LogP contribution in [0.25, 0.3) is 0 Å². The number of carbonyl (C=O) groups excluding carboxylic acids is 2. The fraction of sp³-hybridized carbons (Fsp3) is 0.391. The average Bonchev–Trinajstić information content (AvgIpc) is 3.25. The highest BCUT2D eigenvalue weighted by Gasteiger charge is 2.28. The fourth-order valence-electron chi connectivity index (χ4n) is 3.81. The van der Waals surface area contributed by atoms with E-state index in [9.17, 15) is 14.0 Å². The first kappa shape index (κ1) is 21.8.